The molecule has 0 unspecified atom stereocenters. The van der Waals surface area contributed by atoms with Gasteiger partial charge in [-0.3, -0.25) is 0 Å². The van der Waals surface area contributed by atoms with Gasteiger partial charge in [-0.15, -0.1) is 0 Å². The van der Waals surface area contributed by atoms with Crippen LogP contribution in [0.4, 0.5) is 0 Å². The van der Waals surface area contributed by atoms with Gasteiger partial charge in [0.15, 0.2) is 0 Å². The van der Waals surface area contributed by atoms with E-state index >= 15 is 0 Å². The number of hydrogen-bond donors (Lipinski definition) is 1. The Kier molecular flexibility index (Phi) is 5.91. The van der Waals surface area contributed by atoms with Crippen LogP contribution >= 0.6 is 11.6 Å². The van der Waals surface area contributed by atoms with Crippen molar-refractivity contribution >= 4 is 21.6 Å². The monoisotopic (exact) mass is 291 g/mol. The Morgan fingerprint density at radius 1 is 1.33 bits per heavy atom. The van der Waals surface area contributed by atoms with E-state index in [9.17, 15) is 8.42 Å². The molecule has 0 aliphatic rings. The highest BCUT2D eigenvalue weighted by Gasteiger charge is 2.06. The molecule has 0 amide bonds. The van der Waals surface area contributed by atoms with Gasteiger partial charge >= 0.3 is 0 Å². The molecule has 102 valence electrons. The van der Waals surface area contributed by atoms with Crippen molar-refractivity contribution < 1.29 is 13.2 Å². The van der Waals surface area contributed by atoms with E-state index < -0.39 is 10.0 Å². The Balaban J connectivity index is 2.56. The van der Waals surface area contributed by atoms with Crippen LogP contribution in [0.5, 0.6) is 5.75 Å². The molecule has 0 saturated heterocycles. The topological polar surface area (TPSA) is 55.4 Å². The Bertz CT molecular complexity index is 488. The lowest BCUT2D eigenvalue weighted by Crippen LogP contribution is -2.27. The van der Waals surface area contributed by atoms with Gasteiger partial charge in [0.2, 0.25) is 10.0 Å². The van der Waals surface area contributed by atoms with E-state index in [0.717, 1.165) is 5.56 Å². The lowest BCUT2D eigenvalue weighted by Gasteiger charge is -2.08. The van der Waals surface area contributed by atoms with Crippen molar-refractivity contribution in [2.24, 2.45) is 0 Å². The van der Waals surface area contributed by atoms with Crippen LogP contribution in [-0.2, 0) is 16.4 Å². The second-order valence-corrected chi connectivity index (χ2v) is 6.25. The van der Waals surface area contributed by atoms with E-state index in [2.05, 4.69) is 4.72 Å². The highest BCUT2D eigenvalue weighted by Crippen LogP contribution is 2.25. The van der Waals surface area contributed by atoms with Gasteiger partial charge in [-0.05, 0) is 38.0 Å². The minimum absolute atomic E-state index is 0.0943. The minimum Gasteiger partial charge on any atom is -0.492 e. The van der Waals surface area contributed by atoms with E-state index in [1.54, 1.807) is 19.1 Å². The Labute approximate surface area is 113 Å². The van der Waals surface area contributed by atoms with Crippen molar-refractivity contribution in [3.05, 3.63) is 28.8 Å². The van der Waals surface area contributed by atoms with Gasteiger partial charge in [0, 0.05) is 6.54 Å². The zero-order valence-electron chi connectivity index (χ0n) is 10.6. The summed E-state index contributed by atoms with van der Waals surface area (Å²) in [4.78, 5) is 0. The Morgan fingerprint density at radius 2 is 2.06 bits per heavy atom. The molecule has 1 aromatic rings. The number of halogens is 1. The second-order valence-electron chi connectivity index (χ2n) is 3.75. The summed E-state index contributed by atoms with van der Waals surface area (Å²) in [5.41, 5.74) is 0.974. The number of hydrogen-bond acceptors (Lipinski definition) is 3. The van der Waals surface area contributed by atoms with Crippen LogP contribution in [0.1, 0.15) is 19.4 Å². The molecular formula is C12H18ClNO3S. The van der Waals surface area contributed by atoms with Crippen LogP contribution in [-0.4, -0.2) is 27.3 Å². The van der Waals surface area contributed by atoms with Gasteiger partial charge in [0.25, 0.3) is 0 Å². The third kappa shape index (κ3) is 4.84. The molecule has 0 saturated carbocycles. The first-order valence-corrected chi connectivity index (χ1v) is 7.90. The highest BCUT2D eigenvalue weighted by molar-refractivity contribution is 7.89. The molecule has 0 radical (unpaired) electrons. The number of benzene rings is 1. The zero-order valence-corrected chi connectivity index (χ0v) is 12.1. The largest absolute Gasteiger partial charge is 0.492 e. The van der Waals surface area contributed by atoms with Crippen molar-refractivity contribution in [2.45, 2.75) is 20.3 Å². The summed E-state index contributed by atoms with van der Waals surface area (Å²) in [6.45, 7) is 4.44. The normalized spacial score (nSPS) is 11.5. The van der Waals surface area contributed by atoms with Crippen molar-refractivity contribution in [2.75, 3.05) is 18.9 Å². The summed E-state index contributed by atoms with van der Waals surface area (Å²) in [5.74, 6) is 0.744. The van der Waals surface area contributed by atoms with E-state index in [-0.39, 0.29) is 5.75 Å². The summed E-state index contributed by atoms with van der Waals surface area (Å²) < 4.78 is 30.3. The zero-order chi connectivity index (χ0) is 13.6. The Morgan fingerprint density at radius 3 is 2.61 bits per heavy atom. The van der Waals surface area contributed by atoms with Gasteiger partial charge in [0.1, 0.15) is 5.75 Å². The van der Waals surface area contributed by atoms with Gasteiger partial charge in [-0.25, -0.2) is 13.1 Å². The predicted molar refractivity (Wildman–Crippen MR) is 73.8 cm³/mol. The molecule has 1 aromatic carbocycles. The van der Waals surface area contributed by atoms with Crippen LogP contribution < -0.4 is 9.46 Å². The number of ether oxygens (including phenoxy) is 1. The number of rotatable bonds is 7. The first-order valence-electron chi connectivity index (χ1n) is 5.87. The average Bonchev–Trinajstić information content (AvgIpc) is 2.32. The van der Waals surface area contributed by atoms with Crippen molar-refractivity contribution in [3.8, 4) is 5.75 Å². The summed E-state index contributed by atoms with van der Waals surface area (Å²) in [7, 11) is -3.12. The molecule has 0 spiro atoms. The maximum absolute atomic E-state index is 11.2. The maximum atomic E-state index is 11.2. The second kappa shape index (κ2) is 6.97. The molecular weight excluding hydrogens is 274 g/mol. The fourth-order valence-electron chi connectivity index (χ4n) is 1.43. The lowest BCUT2D eigenvalue weighted by atomic mass is 10.1. The molecule has 18 heavy (non-hydrogen) atoms. The van der Waals surface area contributed by atoms with Crippen molar-refractivity contribution in [1.29, 1.82) is 0 Å². The van der Waals surface area contributed by atoms with Gasteiger partial charge < -0.3 is 4.74 Å². The molecule has 0 aromatic heterocycles. The molecule has 0 aliphatic carbocycles. The predicted octanol–water partition coefficient (Wildman–Crippen LogP) is 2.22. The van der Waals surface area contributed by atoms with E-state index in [0.29, 0.717) is 30.3 Å². The standard InChI is InChI=1S/C12H18ClNO3S/c1-3-17-12-6-5-10(9-11(12)13)7-8-14-18(15,16)4-2/h5-6,9,14H,3-4,7-8H2,1-2H3. The molecule has 0 fully saturated rings. The average molecular weight is 292 g/mol. The first-order chi connectivity index (χ1) is 8.48. The molecule has 6 heteroatoms. The van der Waals surface area contributed by atoms with Crippen molar-refractivity contribution in [1.82, 2.24) is 4.72 Å². The van der Waals surface area contributed by atoms with Gasteiger partial charge in [-0.1, -0.05) is 17.7 Å². The molecule has 0 aliphatic heterocycles. The van der Waals surface area contributed by atoms with Crippen LogP contribution in [0.2, 0.25) is 5.02 Å². The summed E-state index contributed by atoms with van der Waals surface area (Å²) in [5, 5.41) is 0.549. The van der Waals surface area contributed by atoms with Crippen LogP contribution in [0.25, 0.3) is 0 Å². The fourth-order valence-corrected chi connectivity index (χ4v) is 2.30. The van der Waals surface area contributed by atoms with Crippen LogP contribution in [0.3, 0.4) is 0 Å². The quantitative estimate of drug-likeness (QED) is 0.838. The summed E-state index contributed by atoms with van der Waals surface area (Å²) in [6, 6.07) is 5.49. The van der Waals surface area contributed by atoms with Crippen LogP contribution in [0.15, 0.2) is 18.2 Å². The molecule has 0 bridgehead atoms. The molecule has 4 nitrogen and oxygen atoms in total. The third-order valence-corrected chi connectivity index (χ3v) is 4.11. The SMILES string of the molecule is CCOc1ccc(CCNS(=O)(=O)CC)cc1Cl. The van der Waals surface area contributed by atoms with Gasteiger partial charge in [-0.2, -0.15) is 0 Å². The van der Waals surface area contributed by atoms with Gasteiger partial charge in [0.05, 0.1) is 17.4 Å². The number of sulfonamides is 1. The Hall–Kier alpha value is -0.780. The van der Waals surface area contributed by atoms with Crippen LogP contribution in [0, 0.1) is 0 Å². The molecule has 0 heterocycles. The highest BCUT2D eigenvalue weighted by atomic mass is 35.5. The summed E-state index contributed by atoms with van der Waals surface area (Å²) in [6.07, 6.45) is 0.603. The lowest BCUT2D eigenvalue weighted by molar-refractivity contribution is 0.340. The molecule has 0 atom stereocenters. The number of nitrogens with one attached hydrogen (secondary N) is 1. The fraction of sp³-hybridized carbons (Fsp3) is 0.500. The van der Waals surface area contributed by atoms with E-state index in [1.165, 1.54) is 0 Å². The molecule has 1 N–H and O–H groups in total. The molecule has 1 rings (SSSR count). The maximum Gasteiger partial charge on any atom is 0.211 e. The first kappa shape index (κ1) is 15.3. The summed E-state index contributed by atoms with van der Waals surface area (Å²) >= 11 is 6.04. The smallest absolute Gasteiger partial charge is 0.211 e. The minimum atomic E-state index is -3.12. The van der Waals surface area contributed by atoms with E-state index in [1.807, 2.05) is 13.0 Å². The van der Waals surface area contributed by atoms with Crippen molar-refractivity contribution in [3.63, 3.8) is 0 Å². The van der Waals surface area contributed by atoms with E-state index in [4.69, 9.17) is 16.3 Å². The third-order valence-electron chi connectivity index (χ3n) is 2.41.